The maximum atomic E-state index is 11.9. The summed E-state index contributed by atoms with van der Waals surface area (Å²) in [5.74, 6) is 0. The molecule has 0 aliphatic heterocycles. The number of anilines is 2. The number of carbonyl (C=O) groups excluding carboxylic acids is 2. The van der Waals surface area contributed by atoms with Gasteiger partial charge in [-0.05, 0) is 25.0 Å². The molecule has 12 nitrogen and oxygen atoms in total. The van der Waals surface area contributed by atoms with Crippen molar-refractivity contribution in [2.45, 2.75) is 25.7 Å². The predicted octanol–water partition coefficient (Wildman–Crippen LogP) is 4.01. The lowest BCUT2D eigenvalue weighted by molar-refractivity contribution is -0.384. The zero-order valence-corrected chi connectivity index (χ0v) is 17.2. The normalized spacial score (nSPS) is 10.1. The van der Waals surface area contributed by atoms with Crippen molar-refractivity contribution < 1.29 is 19.4 Å². The van der Waals surface area contributed by atoms with E-state index in [0.29, 0.717) is 25.9 Å². The number of amides is 4. The Hall–Kier alpha value is -4.22. The summed E-state index contributed by atoms with van der Waals surface area (Å²) in [4.78, 5) is 44.5. The van der Waals surface area contributed by atoms with Crippen LogP contribution in [0.3, 0.4) is 0 Å². The topological polar surface area (TPSA) is 169 Å². The summed E-state index contributed by atoms with van der Waals surface area (Å²) in [6.07, 6.45) is 3.01. The number of carbonyl (C=O) groups is 2. The van der Waals surface area contributed by atoms with E-state index in [1.807, 2.05) is 0 Å². The van der Waals surface area contributed by atoms with E-state index in [0.717, 1.165) is 12.8 Å². The number of nitrogens with zero attached hydrogens (tertiary/aromatic N) is 2. The lowest BCUT2D eigenvalue weighted by Gasteiger charge is -2.09. The van der Waals surface area contributed by atoms with Gasteiger partial charge in [0, 0.05) is 25.2 Å². The smallest absolute Gasteiger partial charge is 0.319 e. The van der Waals surface area contributed by atoms with Crippen LogP contribution in [0, 0.1) is 20.2 Å². The first-order valence-corrected chi connectivity index (χ1v) is 9.95. The maximum Gasteiger partial charge on any atom is 0.319 e. The van der Waals surface area contributed by atoms with Gasteiger partial charge in [0.2, 0.25) is 0 Å². The van der Waals surface area contributed by atoms with Gasteiger partial charge in [-0.3, -0.25) is 20.2 Å². The van der Waals surface area contributed by atoms with Gasteiger partial charge in [-0.1, -0.05) is 37.1 Å². The molecule has 32 heavy (non-hydrogen) atoms. The monoisotopic (exact) mass is 444 g/mol. The van der Waals surface area contributed by atoms with E-state index in [1.165, 1.54) is 36.4 Å². The summed E-state index contributed by atoms with van der Waals surface area (Å²) < 4.78 is 0. The van der Waals surface area contributed by atoms with Crippen LogP contribution in [0.25, 0.3) is 0 Å². The Labute approximate surface area is 183 Å². The second kappa shape index (κ2) is 12.5. The number of rotatable bonds is 11. The Morgan fingerprint density at radius 2 is 1.03 bits per heavy atom. The molecule has 170 valence electrons. The first-order chi connectivity index (χ1) is 15.4. The zero-order chi connectivity index (χ0) is 23.3. The summed E-state index contributed by atoms with van der Waals surface area (Å²) in [6, 6.07) is 10.7. The van der Waals surface area contributed by atoms with Crippen molar-refractivity contribution in [1.29, 1.82) is 0 Å². The van der Waals surface area contributed by atoms with E-state index in [-0.39, 0.29) is 22.7 Å². The highest BCUT2D eigenvalue weighted by molar-refractivity contribution is 5.92. The summed E-state index contributed by atoms with van der Waals surface area (Å²) >= 11 is 0. The third kappa shape index (κ3) is 7.89. The molecular weight excluding hydrogens is 420 g/mol. The van der Waals surface area contributed by atoms with Crippen molar-refractivity contribution in [2.24, 2.45) is 0 Å². The van der Waals surface area contributed by atoms with Crippen LogP contribution in [0.15, 0.2) is 48.5 Å². The predicted molar refractivity (Wildman–Crippen MR) is 119 cm³/mol. The first-order valence-electron chi connectivity index (χ1n) is 9.95. The third-order valence-electron chi connectivity index (χ3n) is 4.37. The summed E-state index contributed by atoms with van der Waals surface area (Å²) in [7, 11) is 0. The SMILES string of the molecule is O=C(NCCCCCCNC(=O)Nc1ccccc1[N+](=O)[O-])Nc1ccccc1[N+](=O)[O-]. The number of hydrogen-bond donors (Lipinski definition) is 4. The van der Waals surface area contributed by atoms with Crippen molar-refractivity contribution in [3.63, 3.8) is 0 Å². The van der Waals surface area contributed by atoms with E-state index in [9.17, 15) is 29.8 Å². The van der Waals surface area contributed by atoms with Crippen LogP contribution in [-0.4, -0.2) is 35.0 Å². The molecule has 0 unspecified atom stereocenters. The number of benzene rings is 2. The second-order valence-corrected chi connectivity index (χ2v) is 6.72. The van der Waals surface area contributed by atoms with Crippen LogP contribution in [0.4, 0.5) is 32.3 Å². The molecule has 0 bridgehead atoms. The second-order valence-electron chi connectivity index (χ2n) is 6.72. The molecule has 2 aromatic carbocycles. The summed E-state index contributed by atoms with van der Waals surface area (Å²) in [5.41, 5.74) is -0.109. The van der Waals surface area contributed by atoms with Crippen LogP contribution < -0.4 is 21.3 Å². The Morgan fingerprint density at radius 3 is 1.41 bits per heavy atom. The van der Waals surface area contributed by atoms with Crippen molar-refractivity contribution in [3.05, 3.63) is 68.8 Å². The van der Waals surface area contributed by atoms with Gasteiger partial charge in [-0.2, -0.15) is 0 Å². The molecule has 0 aromatic heterocycles. The zero-order valence-electron chi connectivity index (χ0n) is 17.2. The summed E-state index contributed by atoms with van der Waals surface area (Å²) in [6.45, 7) is 0.802. The van der Waals surface area contributed by atoms with Gasteiger partial charge in [-0.15, -0.1) is 0 Å². The van der Waals surface area contributed by atoms with Crippen molar-refractivity contribution in [1.82, 2.24) is 10.6 Å². The molecule has 0 saturated heterocycles. The molecule has 0 saturated carbocycles. The van der Waals surface area contributed by atoms with Gasteiger partial charge in [-0.25, -0.2) is 9.59 Å². The molecule has 2 rings (SSSR count). The fraction of sp³-hybridized carbons (Fsp3) is 0.300. The van der Waals surface area contributed by atoms with Crippen LogP contribution in [0.1, 0.15) is 25.7 Å². The molecule has 4 amide bonds. The molecule has 0 aliphatic carbocycles. The first kappa shape index (κ1) is 24.1. The van der Waals surface area contributed by atoms with Crippen molar-refractivity contribution in [2.75, 3.05) is 23.7 Å². The number of urea groups is 2. The lowest BCUT2D eigenvalue weighted by atomic mass is 10.2. The molecule has 0 fully saturated rings. The van der Waals surface area contributed by atoms with Crippen molar-refractivity contribution in [3.8, 4) is 0 Å². The van der Waals surface area contributed by atoms with Crippen LogP contribution in [0.2, 0.25) is 0 Å². The van der Waals surface area contributed by atoms with Gasteiger partial charge in [0.25, 0.3) is 11.4 Å². The van der Waals surface area contributed by atoms with Crippen LogP contribution in [0.5, 0.6) is 0 Å². The number of nitrogens with one attached hydrogen (secondary N) is 4. The Morgan fingerprint density at radius 1 is 0.656 bits per heavy atom. The molecule has 0 heterocycles. The van der Waals surface area contributed by atoms with Crippen LogP contribution in [-0.2, 0) is 0 Å². The average Bonchev–Trinajstić information content (AvgIpc) is 2.76. The number of nitro benzene ring substituents is 2. The molecule has 4 N–H and O–H groups in total. The quantitative estimate of drug-likeness (QED) is 0.232. The highest BCUT2D eigenvalue weighted by Crippen LogP contribution is 2.23. The third-order valence-corrected chi connectivity index (χ3v) is 4.37. The summed E-state index contributed by atoms with van der Waals surface area (Å²) in [5, 5.41) is 32.1. The van der Waals surface area contributed by atoms with Gasteiger partial charge in [0.1, 0.15) is 11.4 Å². The molecule has 0 radical (unpaired) electrons. The van der Waals surface area contributed by atoms with E-state index in [2.05, 4.69) is 21.3 Å². The molecule has 0 atom stereocenters. The van der Waals surface area contributed by atoms with Crippen molar-refractivity contribution >= 4 is 34.8 Å². The van der Waals surface area contributed by atoms with Gasteiger partial charge in [0.05, 0.1) is 9.85 Å². The molecule has 0 spiro atoms. The molecular formula is C20H24N6O6. The fourth-order valence-corrected chi connectivity index (χ4v) is 2.82. The molecule has 2 aromatic rings. The van der Waals surface area contributed by atoms with Gasteiger partial charge >= 0.3 is 12.1 Å². The minimum absolute atomic E-state index is 0.125. The minimum atomic E-state index is -0.564. The van der Waals surface area contributed by atoms with Crippen LogP contribution >= 0.6 is 0 Å². The maximum absolute atomic E-state index is 11.9. The number of nitro groups is 2. The van der Waals surface area contributed by atoms with Gasteiger partial charge < -0.3 is 21.3 Å². The number of unbranched alkanes of at least 4 members (excludes halogenated alkanes) is 3. The lowest BCUT2D eigenvalue weighted by Crippen LogP contribution is -2.30. The largest absolute Gasteiger partial charge is 0.338 e. The fourth-order valence-electron chi connectivity index (χ4n) is 2.82. The Bertz CT molecular complexity index is 890. The van der Waals surface area contributed by atoms with E-state index in [1.54, 1.807) is 12.1 Å². The molecule has 12 heteroatoms. The number of hydrogen-bond acceptors (Lipinski definition) is 6. The van der Waals surface area contributed by atoms with Gasteiger partial charge in [0.15, 0.2) is 0 Å². The standard InChI is InChI=1S/C20H24N6O6/c27-19(23-15-9-3-5-11-17(15)25(29)30)21-13-7-1-2-8-14-22-20(28)24-16-10-4-6-12-18(16)26(31)32/h3-6,9-12H,1-2,7-8,13-14H2,(H2,21,23,27)(H2,22,24,28). The highest BCUT2D eigenvalue weighted by atomic mass is 16.6. The highest BCUT2D eigenvalue weighted by Gasteiger charge is 2.15. The number of para-hydroxylation sites is 4. The molecule has 0 aliphatic rings. The Balaban J connectivity index is 1.56. The minimum Gasteiger partial charge on any atom is -0.338 e. The van der Waals surface area contributed by atoms with E-state index < -0.39 is 21.9 Å². The van der Waals surface area contributed by atoms with E-state index in [4.69, 9.17) is 0 Å². The van der Waals surface area contributed by atoms with E-state index >= 15 is 0 Å². The average molecular weight is 444 g/mol. The Kier molecular flexibility index (Phi) is 9.37.